The first-order valence-electron chi connectivity index (χ1n) is 8.58. The second kappa shape index (κ2) is 8.79. The highest BCUT2D eigenvalue weighted by molar-refractivity contribution is 7.16. The summed E-state index contributed by atoms with van der Waals surface area (Å²) in [5.74, 6) is 0.129. The molecule has 0 radical (unpaired) electrons. The van der Waals surface area contributed by atoms with E-state index in [2.05, 4.69) is 4.90 Å². The lowest BCUT2D eigenvalue weighted by Gasteiger charge is -2.19. The molecule has 4 nitrogen and oxygen atoms in total. The molecule has 1 aromatic carbocycles. The van der Waals surface area contributed by atoms with Crippen molar-refractivity contribution in [3.8, 4) is 0 Å². The van der Waals surface area contributed by atoms with Gasteiger partial charge in [0.25, 0.3) is 0 Å². The monoisotopic (exact) mass is 368 g/mol. The second-order valence-electron chi connectivity index (χ2n) is 6.23. The zero-order valence-electron chi connectivity index (χ0n) is 14.1. The van der Waals surface area contributed by atoms with E-state index < -0.39 is 0 Å². The smallest absolute Gasteiger partial charge is 0.302 e. The van der Waals surface area contributed by atoms with Crippen molar-refractivity contribution < 1.29 is 4.79 Å². The fraction of sp³-hybridized carbons (Fsp3) is 0.556. The number of nitrogens with zero attached hydrogens (tertiary/aromatic N) is 2. The Hall–Kier alpha value is -1.17. The normalized spacial score (nSPS) is 15.9. The number of carbonyl (C=O) groups is 1. The van der Waals surface area contributed by atoms with E-state index in [0.717, 1.165) is 36.4 Å². The molecule has 0 N–H and O–H groups in total. The fourth-order valence-electron chi connectivity index (χ4n) is 3.26. The summed E-state index contributed by atoms with van der Waals surface area (Å²) in [6.45, 7) is 5.82. The largest absolute Gasteiger partial charge is 0.308 e. The highest BCUT2D eigenvalue weighted by Crippen LogP contribution is 2.20. The summed E-state index contributed by atoms with van der Waals surface area (Å²) < 4.78 is 2.79. The van der Waals surface area contributed by atoms with Gasteiger partial charge < -0.3 is 4.90 Å². The number of benzene rings is 1. The number of fused-ring (bicyclic) bond motifs is 1. The maximum Gasteiger partial charge on any atom is 0.308 e. The number of carbonyl (C=O) groups excluding carboxylic acids is 1. The predicted molar refractivity (Wildman–Crippen MR) is 103 cm³/mol. The maximum atomic E-state index is 12.3. The lowest BCUT2D eigenvalue weighted by Crippen LogP contribution is -2.30. The minimum absolute atomic E-state index is 0. The fourth-order valence-corrected chi connectivity index (χ4v) is 4.21. The lowest BCUT2D eigenvalue weighted by molar-refractivity contribution is 0.0988. The molecule has 0 bridgehead atoms. The molecule has 0 spiro atoms. The van der Waals surface area contributed by atoms with Crippen LogP contribution in [0.2, 0.25) is 0 Å². The van der Waals surface area contributed by atoms with Crippen molar-refractivity contribution in [1.82, 2.24) is 9.47 Å². The van der Waals surface area contributed by atoms with Crippen LogP contribution in [0.4, 0.5) is 0 Å². The van der Waals surface area contributed by atoms with Crippen LogP contribution >= 0.6 is 23.7 Å². The zero-order chi connectivity index (χ0) is 16.2. The molecule has 132 valence electrons. The van der Waals surface area contributed by atoms with E-state index >= 15 is 0 Å². The Labute approximate surface area is 152 Å². The molecule has 1 saturated heterocycles. The van der Waals surface area contributed by atoms with Gasteiger partial charge in [-0.2, -0.15) is 0 Å². The van der Waals surface area contributed by atoms with Gasteiger partial charge in [-0.15, -0.1) is 12.4 Å². The summed E-state index contributed by atoms with van der Waals surface area (Å²) in [6, 6.07) is 5.65. The van der Waals surface area contributed by atoms with Crippen LogP contribution < -0.4 is 4.87 Å². The Kier molecular flexibility index (Phi) is 7.02. The topological polar surface area (TPSA) is 42.3 Å². The standard InChI is InChI=1S/C18H24N2O2S.ClH/c1-2-16(21)14-7-8-15-17(13-14)23-18(22)20(15)12-11-19-9-5-3-4-6-10-19;/h7-8,13H,2-6,9-12H2,1H3;1H. The van der Waals surface area contributed by atoms with Crippen molar-refractivity contribution in [2.75, 3.05) is 19.6 Å². The molecule has 1 aromatic heterocycles. The average Bonchev–Trinajstić information content (AvgIpc) is 2.73. The molecule has 0 saturated carbocycles. The minimum Gasteiger partial charge on any atom is -0.302 e. The minimum atomic E-state index is 0. The number of hydrogen-bond donors (Lipinski definition) is 0. The van der Waals surface area contributed by atoms with Gasteiger partial charge in [0.05, 0.1) is 10.2 Å². The summed E-state index contributed by atoms with van der Waals surface area (Å²) in [5, 5.41) is 0. The average molecular weight is 369 g/mol. The number of hydrogen-bond acceptors (Lipinski definition) is 4. The van der Waals surface area contributed by atoms with E-state index in [1.165, 1.54) is 37.0 Å². The van der Waals surface area contributed by atoms with Crippen molar-refractivity contribution in [2.45, 2.75) is 45.6 Å². The summed E-state index contributed by atoms with van der Waals surface area (Å²) >= 11 is 1.25. The van der Waals surface area contributed by atoms with Gasteiger partial charge in [-0.3, -0.25) is 14.2 Å². The number of thiazole rings is 1. The molecule has 6 heteroatoms. The van der Waals surface area contributed by atoms with E-state index in [9.17, 15) is 9.59 Å². The molecule has 0 amide bonds. The van der Waals surface area contributed by atoms with E-state index in [-0.39, 0.29) is 23.1 Å². The van der Waals surface area contributed by atoms with E-state index in [1.807, 2.05) is 29.7 Å². The molecular weight excluding hydrogens is 344 g/mol. The number of Topliss-reactive ketones (excluding diaryl/α,β-unsaturated/α-hetero) is 1. The van der Waals surface area contributed by atoms with Crippen LogP contribution in [0.25, 0.3) is 10.2 Å². The van der Waals surface area contributed by atoms with E-state index in [4.69, 9.17) is 0 Å². The van der Waals surface area contributed by atoms with Crippen molar-refractivity contribution in [3.63, 3.8) is 0 Å². The second-order valence-corrected chi connectivity index (χ2v) is 7.23. The Morgan fingerprint density at radius 2 is 1.83 bits per heavy atom. The zero-order valence-corrected chi connectivity index (χ0v) is 15.8. The molecule has 24 heavy (non-hydrogen) atoms. The first kappa shape index (κ1) is 19.2. The maximum absolute atomic E-state index is 12.3. The Bertz CT molecular complexity index is 745. The van der Waals surface area contributed by atoms with Gasteiger partial charge >= 0.3 is 4.87 Å². The van der Waals surface area contributed by atoms with Crippen LogP contribution in [0.5, 0.6) is 0 Å². The summed E-state index contributed by atoms with van der Waals surface area (Å²) in [5.41, 5.74) is 1.67. The molecule has 0 unspecified atom stereocenters. The van der Waals surface area contributed by atoms with Gasteiger partial charge in [-0.05, 0) is 44.1 Å². The highest BCUT2D eigenvalue weighted by Gasteiger charge is 2.13. The number of aromatic nitrogens is 1. The quantitative estimate of drug-likeness (QED) is 0.750. The van der Waals surface area contributed by atoms with Crippen LogP contribution in [0.3, 0.4) is 0 Å². The molecule has 1 aliphatic heterocycles. The van der Waals surface area contributed by atoms with Gasteiger partial charge in [-0.1, -0.05) is 31.1 Å². The molecule has 1 aliphatic rings. The van der Waals surface area contributed by atoms with Gasteiger partial charge in [0.1, 0.15) is 0 Å². The van der Waals surface area contributed by atoms with Crippen LogP contribution in [0.1, 0.15) is 49.4 Å². The summed E-state index contributed by atoms with van der Waals surface area (Å²) in [7, 11) is 0. The van der Waals surface area contributed by atoms with Gasteiger partial charge in [-0.25, -0.2) is 0 Å². The molecule has 2 heterocycles. The van der Waals surface area contributed by atoms with Gasteiger partial charge in [0, 0.05) is 25.1 Å². The van der Waals surface area contributed by atoms with Crippen LogP contribution in [-0.2, 0) is 6.54 Å². The van der Waals surface area contributed by atoms with Crippen LogP contribution in [-0.4, -0.2) is 34.9 Å². The van der Waals surface area contributed by atoms with Crippen LogP contribution in [0.15, 0.2) is 23.0 Å². The Morgan fingerprint density at radius 1 is 1.12 bits per heavy atom. The molecule has 0 atom stereocenters. The summed E-state index contributed by atoms with van der Waals surface area (Å²) in [6.07, 6.45) is 5.68. The molecular formula is C18H25ClN2O2S. The number of ketones is 1. The number of halogens is 1. The third-order valence-electron chi connectivity index (χ3n) is 4.65. The van der Waals surface area contributed by atoms with Crippen molar-refractivity contribution >= 4 is 39.7 Å². The van der Waals surface area contributed by atoms with Crippen molar-refractivity contribution in [1.29, 1.82) is 0 Å². The third-order valence-corrected chi connectivity index (χ3v) is 5.59. The van der Waals surface area contributed by atoms with Crippen LogP contribution in [0, 0.1) is 0 Å². The van der Waals surface area contributed by atoms with E-state index in [1.54, 1.807) is 0 Å². The predicted octanol–water partition coefficient (Wildman–Crippen LogP) is 3.95. The molecule has 2 aromatic rings. The highest BCUT2D eigenvalue weighted by atomic mass is 35.5. The third kappa shape index (κ3) is 4.26. The lowest BCUT2D eigenvalue weighted by atomic mass is 10.1. The summed E-state index contributed by atoms with van der Waals surface area (Å²) in [4.78, 5) is 26.7. The Balaban J connectivity index is 0.00000208. The molecule has 3 rings (SSSR count). The molecule has 1 fully saturated rings. The first-order chi connectivity index (χ1) is 11.2. The van der Waals surface area contributed by atoms with E-state index in [0.29, 0.717) is 12.0 Å². The van der Waals surface area contributed by atoms with Gasteiger partial charge in [0.15, 0.2) is 5.78 Å². The first-order valence-corrected chi connectivity index (χ1v) is 9.39. The Morgan fingerprint density at radius 3 is 2.50 bits per heavy atom. The SMILES string of the molecule is CCC(=O)c1ccc2c(c1)sc(=O)n2CCN1CCCCCC1.Cl. The van der Waals surface area contributed by atoms with Gasteiger partial charge in [0.2, 0.25) is 0 Å². The van der Waals surface area contributed by atoms with Crippen molar-refractivity contribution in [2.24, 2.45) is 0 Å². The number of rotatable bonds is 5. The molecule has 0 aliphatic carbocycles. The number of likely N-dealkylation sites (tertiary alicyclic amines) is 1. The van der Waals surface area contributed by atoms with Crippen molar-refractivity contribution in [3.05, 3.63) is 33.4 Å².